The lowest BCUT2D eigenvalue weighted by Crippen LogP contribution is -2.30. The normalized spacial score (nSPS) is 11.7. The van der Waals surface area contributed by atoms with Gasteiger partial charge >= 0.3 is 5.69 Å². The third-order valence-corrected chi connectivity index (χ3v) is 7.49. The molecule has 0 radical (unpaired) electrons. The SMILES string of the molecule is O=[N+]([O-])c1cc(C(O)CN(CCc2ccc(NCc3ccccc3)cc2)Cc2ccccc2)ccc1OCc1ccccc1. The van der Waals surface area contributed by atoms with Gasteiger partial charge in [0.25, 0.3) is 0 Å². The summed E-state index contributed by atoms with van der Waals surface area (Å²) in [6, 6.07) is 43.1. The molecule has 7 nitrogen and oxygen atoms in total. The number of hydrogen-bond acceptors (Lipinski definition) is 6. The van der Waals surface area contributed by atoms with Gasteiger partial charge in [-0.05, 0) is 52.4 Å². The van der Waals surface area contributed by atoms with E-state index in [1.165, 1.54) is 17.2 Å². The summed E-state index contributed by atoms with van der Waals surface area (Å²) in [4.78, 5) is 13.6. The van der Waals surface area contributed by atoms with Crippen molar-refractivity contribution in [2.75, 3.05) is 18.4 Å². The molecule has 1 atom stereocenters. The molecule has 0 heterocycles. The maximum absolute atomic E-state index is 11.9. The molecule has 0 bridgehead atoms. The highest BCUT2D eigenvalue weighted by Crippen LogP contribution is 2.31. The van der Waals surface area contributed by atoms with Crippen LogP contribution in [0.4, 0.5) is 11.4 Å². The molecule has 0 saturated heterocycles. The maximum atomic E-state index is 11.9. The van der Waals surface area contributed by atoms with E-state index < -0.39 is 11.0 Å². The summed E-state index contributed by atoms with van der Waals surface area (Å²) in [5.41, 5.74) is 5.86. The molecule has 0 fully saturated rings. The van der Waals surface area contributed by atoms with E-state index in [1.807, 2.05) is 66.7 Å². The number of nitro groups is 1. The first-order valence-electron chi connectivity index (χ1n) is 14.8. The molecule has 5 rings (SSSR count). The Hall–Kier alpha value is -4.98. The summed E-state index contributed by atoms with van der Waals surface area (Å²) in [5.74, 6) is 0.178. The molecule has 224 valence electrons. The van der Waals surface area contributed by atoms with Gasteiger partial charge in [0, 0.05) is 37.9 Å². The summed E-state index contributed by atoms with van der Waals surface area (Å²) in [7, 11) is 0. The highest BCUT2D eigenvalue weighted by atomic mass is 16.6. The summed E-state index contributed by atoms with van der Waals surface area (Å²) >= 11 is 0. The van der Waals surface area contributed by atoms with Gasteiger partial charge in [0.15, 0.2) is 5.75 Å². The molecule has 5 aromatic carbocycles. The fraction of sp³-hybridized carbons (Fsp3) is 0.189. The number of aliphatic hydroxyl groups is 1. The number of aliphatic hydroxyl groups excluding tert-OH is 1. The molecule has 0 spiro atoms. The molecule has 0 aromatic heterocycles. The Kier molecular flexibility index (Phi) is 10.7. The Morgan fingerprint density at radius 3 is 2.00 bits per heavy atom. The van der Waals surface area contributed by atoms with Crippen LogP contribution in [0.5, 0.6) is 5.75 Å². The third-order valence-electron chi connectivity index (χ3n) is 7.49. The Labute approximate surface area is 258 Å². The Morgan fingerprint density at radius 1 is 0.750 bits per heavy atom. The predicted octanol–water partition coefficient (Wildman–Crippen LogP) is 7.56. The van der Waals surface area contributed by atoms with Gasteiger partial charge in [-0.15, -0.1) is 0 Å². The topological polar surface area (TPSA) is 87.9 Å². The van der Waals surface area contributed by atoms with Gasteiger partial charge in [-0.1, -0.05) is 109 Å². The van der Waals surface area contributed by atoms with Crippen LogP contribution in [0, 0.1) is 10.1 Å². The number of benzene rings is 5. The van der Waals surface area contributed by atoms with Crippen LogP contribution in [0.2, 0.25) is 0 Å². The molecule has 0 aliphatic carbocycles. The van der Waals surface area contributed by atoms with Crippen molar-refractivity contribution >= 4 is 11.4 Å². The van der Waals surface area contributed by atoms with Crippen molar-refractivity contribution in [2.24, 2.45) is 0 Å². The molecule has 2 N–H and O–H groups in total. The largest absolute Gasteiger partial charge is 0.482 e. The van der Waals surface area contributed by atoms with Crippen LogP contribution in [-0.2, 0) is 26.1 Å². The minimum Gasteiger partial charge on any atom is -0.482 e. The number of nitro benzene ring substituents is 1. The highest BCUT2D eigenvalue weighted by Gasteiger charge is 2.21. The molecule has 0 saturated carbocycles. The van der Waals surface area contributed by atoms with Crippen LogP contribution in [0.25, 0.3) is 0 Å². The molecule has 44 heavy (non-hydrogen) atoms. The second-order valence-electron chi connectivity index (χ2n) is 10.8. The van der Waals surface area contributed by atoms with Crippen molar-refractivity contribution in [3.8, 4) is 5.75 Å². The van der Waals surface area contributed by atoms with Gasteiger partial charge in [0.1, 0.15) is 6.61 Å². The van der Waals surface area contributed by atoms with Crippen LogP contribution in [-0.4, -0.2) is 28.0 Å². The van der Waals surface area contributed by atoms with Crippen LogP contribution in [0.1, 0.15) is 33.9 Å². The molecule has 7 heteroatoms. The average molecular weight is 588 g/mol. The zero-order valence-electron chi connectivity index (χ0n) is 24.6. The van der Waals surface area contributed by atoms with E-state index in [4.69, 9.17) is 4.74 Å². The first kappa shape index (κ1) is 30.5. The van der Waals surface area contributed by atoms with Crippen molar-refractivity contribution in [1.29, 1.82) is 0 Å². The predicted molar refractivity (Wildman–Crippen MR) is 174 cm³/mol. The van der Waals surface area contributed by atoms with Crippen molar-refractivity contribution in [2.45, 2.75) is 32.2 Å². The molecular formula is C37H37N3O4. The number of rotatable bonds is 15. The van der Waals surface area contributed by atoms with Crippen molar-refractivity contribution in [1.82, 2.24) is 4.90 Å². The standard InChI is InChI=1S/C37H37N3O4/c41-36(33-18-21-37(35(24-33)40(42)43)44-28-32-14-8-3-9-15-32)27-39(26-31-12-6-2-7-13-31)23-22-29-16-19-34(20-17-29)38-25-30-10-4-1-5-11-30/h1-21,24,36,38,41H,22-23,25-28H2. The summed E-state index contributed by atoms with van der Waals surface area (Å²) in [6.07, 6.45) is -0.115. The lowest BCUT2D eigenvalue weighted by atomic mass is 10.1. The van der Waals surface area contributed by atoms with Crippen molar-refractivity contribution in [3.05, 3.63) is 171 Å². The first-order valence-corrected chi connectivity index (χ1v) is 14.8. The Morgan fingerprint density at radius 2 is 1.36 bits per heavy atom. The van der Waals surface area contributed by atoms with Gasteiger partial charge in [-0.2, -0.15) is 0 Å². The number of ether oxygens (including phenoxy) is 1. The Bertz CT molecular complexity index is 1600. The fourth-order valence-corrected chi connectivity index (χ4v) is 5.04. The van der Waals surface area contributed by atoms with Crippen LogP contribution in [0.15, 0.2) is 133 Å². The maximum Gasteiger partial charge on any atom is 0.311 e. The van der Waals surface area contributed by atoms with Crippen molar-refractivity contribution in [3.63, 3.8) is 0 Å². The summed E-state index contributed by atoms with van der Waals surface area (Å²) in [5, 5.41) is 26.6. The number of nitrogens with zero attached hydrogens (tertiary/aromatic N) is 2. The molecule has 0 amide bonds. The second kappa shape index (κ2) is 15.5. The lowest BCUT2D eigenvalue weighted by Gasteiger charge is -2.25. The van der Waals surface area contributed by atoms with Gasteiger partial charge in [-0.25, -0.2) is 0 Å². The molecule has 0 aliphatic heterocycles. The average Bonchev–Trinajstić information content (AvgIpc) is 3.07. The smallest absolute Gasteiger partial charge is 0.311 e. The third kappa shape index (κ3) is 9.01. The van der Waals surface area contributed by atoms with Gasteiger partial charge in [-0.3, -0.25) is 15.0 Å². The van der Waals surface area contributed by atoms with Crippen molar-refractivity contribution < 1.29 is 14.8 Å². The van der Waals surface area contributed by atoms with E-state index in [2.05, 4.69) is 58.7 Å². The van der Waals surface area contributed by atoms with Gasteiger partial charge in [0.05, 0.1) is 11.0 Å². The number of anilines is 1. The van der Waals surface area contributed by atoms with Crippen LogP contribution >= 0.6 is 0 Å². The van der Waals surface area contributed by atoms with Gasteiger partial charge < -0.3 is 15.2 Å². The molecule has 5 aromatic rings. The number of hydrogen-bond donors (Lipinski definition) is 2. The van der Waals surface area contributed by atoms with E-state index in [1.54, 1.807) is 12.1 Å². The zero-order valence-corrected chi connectivity index (χ0v) is 24.6. The molecular weight excluding hydrogens is 550 g/mol. The van der Waals surface area contributed by atoms with E-state index in [9.17, 15) is 15.2 Å². The molecule has 1 unspecified atom stereocenters. The van der Waals surface area contributed by atoms with E-state index in [0.717, 1.165) is 29.8 Å². The molecule has 0 aliphatic rings. The summed E-state index contributed by atoms with van der Waals surface area (Å²) in [6.45, 7) is 2.67. The zero-order chi connectivity index (χ0) is 30.6. The first-order chi connectivity index (χ1) is 21.5. The second-order valence-corrected chi connectivity index (χ2v) is 10.8. The quantitative estimate of drug-likeness (QED) is 0.0971. The lowest BCUT2D eigenvalue weighted by molar-refractivity contribution is -0.386. The van der Waals surface area contributed by atoms with Crippen LogP contribution < -0.4 is 10.1 Å². The highest BCUT2D eigenvalue weighted by molar-refractivity contribution is 5.49. The minimum absolute atomic E-state index is 0.159. The van der Waals surface area contributed by atoms with E-state index in [0.29, 0.717) is 25.2 Å². The monoisotopic (exact) mass is 587 g/mol. The van der Waals surface area contributed by atoms with E-state index >= 15 is 0 Å². The number of nitrogens with one attached hydrogen (secondary N) is 1. The fourth-order valence-electron chi connectivity index (χ4n) is 5.04. The summed E-state index contributed by atoms with van der Waals surface area (Å²) < 4.78 is 5.77. The Balaban J connectivity index is 1.23. The van der Waals surface area contributed by atoms with Crippen LogP contribution in [0.3, 0.4) is 0 Å². The van der Waals surface area contributed by atoms with E-state index in [-0.39, 0.29) is 18.0 Å². The minimum atomic E-state index is -0.912. The van der Waals surface area contributed by atoms with Gasteiger partial charge in [0.2, 0.25) is 0 Å².